The minimum atomic E-state index is -0.0685. The smallest absolute Gasteiger partial charge is 0.165 e. The number of rotatable bonds is 14. The van der Waals surface area contributed by atoms with Gasteiger partial charge in [-0.3, -0.25) is 10.3 Å². The van der Waals surface area contributed by atoms with Crippen molar-refractivity contribution >= 4 is 35.9 Å². The number of amidine groups is 1. The third-order valence-electron chi connectivity index (χ3n) is 5.18. The monoisotopic (exact) mass is 407 g/mol. The molecule has 0 saturated heterocycles. The van der Waals surface area contributed by atoms with Gasteiger partial charge >= 0.3 is 0 Å². The van der Waals surface area contributed by atoms with E-state index in [4.69, 9.17) is 0 Å². The Bertz CT molecular complexity index is 562. The highest BCUT2D eigenvalue weighted by atomic mass is 32.2. The summed E-state index contributed by atoms with van der Waals surface area (Å²) in [6.07, 6.45) is 18.2. The fraction of sp³-hybridized carbons (Fsp3) is 0.682. The average molecular weight is 408 g/mol. The molecule has 1 aliphatic rings. The van der Waals surface area contributed by atoms with Crippen LogP contribution in [0, 0.1) is 0 Å². The normalized spacial score (nSPS) is 16.5. The first kappa shape index (κ1) is 22.5. The van der Waals surface area contributed by atoms with Crippen LogP contribution in [0.2, 0.25) is 0 Å². The number of para-hydroxylation sites is 1. The van der Waals surface area contributed by atoms with Crippen LogP contribution in [-0.2, 0) is 0 Å². The molecule has 1 aromatic rings. The Kier molecular flexibility index (Phi) is 11.1. The van der Waals surface area contributed by atoms with Crippen LogP contribution in [0.25, 0.3) is 0 Å². The summed E-state index contributed by atoms with van der Waals surface area (Å²) in [4.78, 5) is 3.51. The summed E-state index contributed by atoms with van der Waals surface area (Å²) in [5.41, 5.74) is 4.26. The second kappa shape index (κ2) is 13.4. The van der Waals surface area contributed by atoms with Crippen molar-refractivity contribution in [1.29, 1.82) is 0 Å². The number of thiol groups is 1. The predicted octanol–water partition coefficient (Wildman–Crippen LogP) is 7.05. The molecular formula is C22H37N3S2. The molecule has 0 bridgehead atoms. The van der Waals surface area contributed by atoms with E-state index in [9.17, 15) is 0 Å². The molecule has 0 aromatic heterocycles. The highest BCUT2D eigenvalue weighted by Crippen LogP contribution is 2.32. The molecule has 0 spiro atoms. The molecule has 2 rings (SSSR count). The first-order valence-electron chi connectivity index (χ1n) is 10.7. The molecule has 0 aliphatic carbocycles. The number of nitrogens with zero attached hydrogens (tertiary/aromatic N) is 2. The van der Waals surface area contributed by atoms with E-state index >= 15 is 0 Å². The van der Waals surface area contributed by atoms with Gasteiger partial charge in [-0.2, -0.15) is 5.10 Å². The maximum Gasteiger partial charge on any atom is 0.165 e. The van der Waals surface area contributed by atoms with Gasteiger partial charge in [-0.05, 0) is 24.8 Å². The van der Waals surface area contributed by atoms with E-state index in [1.165, 1.54) is 81.2 Å². The van der Waals surface area contributed by atoms with Crippen molar-refractivity contribution in [3.63, 3.8) is 0 Å². The molecule has 1 atom stereocenters. The molecule has 1 aromatic carbocycles. The number of nitrogens with one attached hydrogen (secondary N) is 1. The van der Waals surface area contributed by atoms with Gasteiger partial charge in [0.2, 0.25) is 0 Å². The highest BCUT2D eigenvalue weighted by molar-refractivity contribution is 7.98. The van der Waals surface area contributed by atoms with Crippen LogP contribution in [0.4, 0.5) is 5.69 Å². The minimum absolute atomic E-state index is 0.0685. The molecule has 0 radical (unpaired) electrons. The Balaban J connectivity index is 1.64. The maximum atomic E-state index is 4.67. The van der Waals surface area contributed by atoms with Gasteiger partial charge in [0.05, 0.1) is 5.69 Å². The topological polar surface area (TPSA) is 27.6 Å². The zero-order chi connectivity index (χ0) is 19.3. The number of anilines is 1. The Morgan fingerprint density at radius 3 is 2.19 bits per heavy atom. The number of thioether (sulfide) groups is 1. The van der Waals surface area contributed by atoms with E-state index in [1.807, 2.05) is 0 Å². The fourth-order valence-corrected chi connectivity index (χ4v) is 4.51. The van der Waals surface area contributed by atoms with Crippen LogP contribution >= 0.6 is 24.4 Å². The zero-order valence-corrected chi connectivity index (χ0v) is 18.8. The summed E-state index contributed by atoms with van der Waals surface area (Å²) in [6.45, 7) is 2.28. The molecule has 3 nitrogen and oxygen atoms in total. The van der Waals surface area contributed by atoms with Crippen LogP contribution in [-0.4, -0.2) is 17.6 Å². The maximum absolute atomic E-state index is 4.67. The molecule has 0 fully saturated rings. The first-order chi connectivity index (χ1) is 13.3. The summed E-state index contributed by atoms with van der Waals surface area (Å²) in [6, 6.07) is 8.51. The summed E-state index contributed by atoms with van der Waals surface area (Å²) >= 11 is 6.44. The second-order valence-corrected chi connectivity index (χ2v) is 8.70. The molecule has 0 saturated carbocycles. The van der Waals surface area contributed by atoms with Crippen molar-refractivity contribution in [1.82, 2.24) is 5.43 Å². The summed E-state index contributed by atoms with van der Waals surface area (Å²) in [5.74, 6) is 1.12. The van der Waals surface area contributed by atoms with Crippen molar-refractivity contribution < 1.29 is 0 Å². The molecule has 0 amide bonds. The predicted molar refractivity (Wildman–Crippen MR) is 125 cm³/mol. The zero-order valence-electron chi connectivity index (χ0n) is 17.1. The van der Waals surface area contributed by atoms with Crippen LogP contribution in [0.3, 0.4) is 0 Å². The molecule has 1 heterocycles. The van der Waals surface area contributed by atoms with Gasteiger partial charge in [-0.25, -0.2) is 0 Å². The standard InChI is InChI=1S/C22H37N3S2/c1-3-4-5-6-7-8-9-10-11-12-13-18-21-23-24-22(26)25(21)19-16-14-15-17-20(19)27-2/h14-17,22,24,26H,3-13,18H2,1-2H3. The van der Waals surface area contributed by atoms with E-state index < -0.39 is 0 Å². The molecular weight excluding hydrogens is 370 g/mol. The fourth-order valence-electron chi connectivity index (χ4n) is 3.61. The molecule has 1 unspecified atom stereocenters. The van der Waals surface area contributed by atoms with E-state index in [0.29, 0.717) is 0 Å². The van der Waals surface area contributed by atoms with Crippen molar-refractivity contribution in [3.8, 4) is 0 Å². The van der Waals surface area contributed by atoms with Crippen molar-refractivity contribution in [2.24, 2.45) is 5.10 Å². The van der Waals surface area contributed by atoms with E-state index in [0.717, 1.165) is 12.3 Å². The largest absolute Gasteiger partial charge is 0.296 e. The number of benzene rings is 1. The Labute approximate surface area is 176 Å². The Hall–Kier alpha value is -0.810. The van der Waals surface area contributed by atoms with Crippen molar-refractivity contribution in [3.05, 3.63) is 24.3 Å². The molecule has 27 heavy (non-hydrogen) atoms. The van der Waals surface area contributed by atoms with E-state index in [1.54, 1.807) is 11.8 Å². The van der Waals surface area contributed by atoms with Crippen LogP contribution in [0.1, 0.15) is 84.0 Å². The Morgan fingerprint density at radius 1 is 0.963 bits per heavy atom. The second-order valence-electron chi connectivity index (χ2n) is 7.36. The lowest BCUT2D eigenvalue weighted by Gasteiger charge is -2.25. The molecule has 1 N–H and O–H groups in total. The average Bonchev–Trinajstić information content (AvgIpc) is 3.06. The van der Waals surface area contributed by atoms with Gasteiger partial charge in [0.25, 0.3) is 0 Å². The lowest BCUT2D eigenvalue weighted by atomic mass is 10.0. The number of unbranched alkanes of at least 4 members (excludes halogenated alkanes) is 10. The van der Waals surface area contributed by atoms with Crippen LogP contribution in [0.15, 0.2) is 34.3 Å². The molecule has 5 heteroatoms. The summed E-state index contributed by atoms with van der Waals surface area (Å²) in [7, 11) is 0. The van der Waals surface area contributed by atoms with Gasteiger partial charge in [-0.15, -0.1) is 24.4 Å². The number of hydrogen-bond acceptors (Lipinski definition) is 5. The lowest BCUT2D eigenvalue weighted by Crippen LogP contribution is -2.36. The number of hydrazone groups is 1. The van der Waals surface area contributed by atoms with Gasteiger partial charge < -0.3 is 0 Å². The first-order valence-corrected chi connectivity index (χ1v) is 12.4. The van der Waals surface area contributed by atoms with E-state index in [2.05, 4.69) is 65.5 Å². The van der Waals surface area contributed by atoms with E-state index in [-0.39, 0.29) is 5.50 Å². The van der Waals surface area contributed by atoms with Gasteiger partial charge in [-0.1, -0.05) is 83.3 Å². The quantitative estimate of drug-likeness (QED) is 0.197. The molecule has 1 aliphatic heterocycles. The van der Waals surface area contributed by atoms with Crippen molar-refractivity contribution in [2.45, 2.75) is 94.4 Å². The highest BCUT2D eigenvalue weighted by Gasteiger charge is 2.27. The summed E-state index contributed by atoms with van der Waals surface area (Å²) < 4.78 is 0. The van der Waals surface area contributed by atoms with Gasteiger partial charge in [0.15, 0.2) is 5.50 Å². The van der Waals surface area contributed by atoms with Crippen molar-refractivity contribution in [2.75, 3.05) is 11.2 Å². The van der Waals surface area contributed by atoms with Crippen LogP contribution in [0.5, 0.6) is 0 Å². The van der Waals surface area contributed by atoms with Gasteiger partial charge in [0.1, 0.15) is 5.84 Å². The summed E-state index contributed by atoms with van der Waals surface area (Å²) in [5, 5.41) is 4.54. The van der Waals surface area contributed by atoms with Gasteiger partial charge in [0, 0.05) is 11.3 Å². The lowest BCUT2D eigenvalue weighted by molar-refractivity contribution is 0.551. The van der Waals surface area contributed by atoms with Crippen LogP contribution < -0.4 is 10.3 Å². The Morgan fingerprint density at radius 2 is 1.56 bits per heavy atom. The third kappa shape index (κ3) is 7.61. The SMILES string of the molecule is CCCCCCCCCCCCCC1=NNC(S)N1c1ccccc1SC. The number of hydrogen-bond donors (Lipinski definition) is 2. The third-order valence-corrected chi connectivity index (χ3v) is 6.31. The minimum Gasteiger partial charge on any atom is -0.296 e. The molecule has 152 valence electrons.